The number of nitrogens with one attached hydrogen (secondary N) is 2. The highest BCUT2D eigenvalue weighted by Gasteiger charge is 2.25. The fraction of sp³-hybridized carbons (Fsp3) is 0.300. The van der Waals surface area contributed by atoms with Gasteiger partial charge in [0.25, 0.3) is 0 Å². The first-order valence-corrected chi connectivity index (χ1v) is 12.6. The third-order valence-electron chi connectivity index (χ3n) is 6.29. The first-order chi connectivity index (χ1) is 18.1. The van der Waals surface area contributed by atoms with Crippen molar-refractivity contribution in [1.29, 1.82) is 5.26 Å². The predicted molar refractivity (Wildman–Crippen MR) is 142 cm³/mol. The minimum absolute atomic E-state index is 0.0309. The molecule has 7 heteroatoms. The van der Waals surface area contributed by atoms with Crippen molar-refractivity contribution in [2.75, 3.05) is 23.8 Å². The number of fused-ring (bicyclic) bond motifs is 1. The summed E-state index contributed by atoms with van der Waals surface area (Å²) in [6.45, 7) is 2.73. The average molecular weight is 498 g/mol. The van der Waals surface area contributed by atoms with Crippen LogP contribution in [0.3, 0.4) is 0 Å². The lowest BCUT2D eigenvalue weighted by molar-refractivity contribution is -0.121. The molecule has 0 radical (unpaired) electrons. The van der Waals surface area contributed by atoms with Crippen LogP contribution in [0.1, 0.15) is 64.8 Å². The van der Waals surface area contributed by atoms with Crippen molar-refractivity contribution in [1.82, 2.24) is 0 Å². The van der Waals surface area contributed by atoms with E-state index in [0.717, 1.165) is 48.1 Å². The molecule has 0 aromatic heterocycles. The molecule has 1 unspecified atom stereocenters. The summed E-state index contributed by atoms with van der Waals surface area (Å²) in [6, 6.07) is 22.9. The predicted octanol–water partition coefficient (Wildman–Crippen LogP) is 5.77. The number of aryl methyl sites for hydroxylation is 1. The van der Waals surface area contributed by atoms with E-state index in [1.165, 1.54) is 0 Å². The summed E-state index contributed by atoms with van der Waals surface area (Å²) in [5.74, 6) is -0.613. The Bertz CT molecular complexity index is 1270. The van der Waals surface area contributed by atoms with Crippen molar-refractivity contribution in [2.45, 2.75) is 45.3 Å². The van der Waals surface area contributed by atoms with Crippen molar-refractivity contribution in [2.24, 2.45) is 0 Å². The van der Waals surface area contributed by atoms with Crippen LogP contribution in [0.5, 0.6) is 0 Å². The summed E-state index contributed by atoms with van der Waals surface area (Å²) < 4.78 is 10.8. The molecule has 0 bridgehead atoms. The molecule has 0 fully saturated rings. The average Bonchev–Trinajstić information content (AvgIpc) is 3.30. The maximum absolute atomic E-state index is 12.4. The van der Waals surface area contributed by atoms with Gasteiger partial charge in [-0.05, 0) is 72.4 Å². The van der Waals surface area contributed by atoms with Crippen molar-refractivity contribution in [3.8, 4) is 6.07 Å². The number of amides is 1. The highest BCUT2D eigenvalue weighted by Crippen LogP contribution is 2.37. The number of carbonyl (C=O) groups excluding carboxylic acids is 2. The zero-order valence-electron chi connectivity index (χ0n) is 21.0. The number of carbonyl (C=O) groups is 2. The fourth-order valence-electron chi connectivity index (χ4n) is 4.32. The Labute approximate surface area is 217 Å². The van der Waals surface area contributed by atoms with E-state index in [0.29, 0.717) is 30.0 Å². The summed E-state index contributed by atoms with van der Waals surface area (Å²) in [7, 11) is 0. The molecule has 2 N–H and O–H groups in total. The van der Waals surface area contributed by atoms with E-state index in [1.54, 1.807) is 12.1 Å². The molecule has 3 aromatic rings. The molecular weight excluding hydrogens is 466 g/mol. The Morgan fingerprint density at radius 2 is 1.86 bits per heavy atom. The van der Waals surface area contributed by atoms with Gasteiger partial charge in [0.2, 0.25) is 5.91 Å². The lowest BCUT2D eigenvalue weighted by Crippen LogP contribution is -2.19. The standard InChI is InChI=1S/C30H31N3O4/c1-2-3-15-37-30(35)22-9-12-25(13-10-22)32-27-14-11-23-17-28(24(18-31)16-26(23)27)33-29(34)20-36-19-21-7-5-4-6-8-21/h4-10,12-13,16-17,27,32H,2-3,11,14-15,19-20H2,1H3,(H,33,34). The van der Waals surface area contributed by atoms with E-state index in [9.17, 15) is 14.9 Å². The van der Waals surface area contributed by atoms with Crippen molar-refractivity contribution >= 4 is 23.3 Å². The molecule has 0 spiro atoms. The molecule has 1 aliphatic rings. The molecule has 0 heterocycles. The molecule has 1 amide bonds. The summed E-state index contributed by atoms with van der Waals surface area (Å²) in [5.41, 5.74) is 5.44. The second kappa shape index (κ2) is 12.7. The second-order valence-corrected chi connectivity index (χ2v) is 9.04. The second-order valence-electron chi connectivity index (χ2n) is 9.04. The van der Waals surface area contributed by atoms with E-state index in [-0.39, 0.29) is 24.5 Å². The molecule has 0 saturated carbocycles. The molecule has 4 rings (SSSR count). The van der Waals surface area contributed by atoms with E-state index in [2.05, 4.69) is 23.6 Å². The summed E-state index contributed by atoms with van der Waals surface area (Å²) in [5, 5.41) is 16.1. The van der Waals surface area contributed by atoms with Gasteiger partial charge in [-0.2, -0.15) is 5.26 Å². The van der Waals surface area contributed by atoms with Gasteiger partial charge in [-0.25, -0.2) is 4.79 Å². The Kier molecular flexibility index (Phi) is 8.90. The summed E-state index contributed by atoms with van der Waals surface area (Å²) in [4.78, 5) is 24.6. The highest BCUT2D eigenvalue weighted by atomic mass is 16.5. The van der Waals surface area contributed by atoms with Gasteiger partial charge < -0.3 is 20.1 Å². The molecule has 0 aliphatic heterocycles. The number of nitriles is 1. The van der Waals surface area contributed by atoms with Crippen LogP contribution in [0, 0.1) is 11.3 Å². The maximum Gasteiger partial charge on any atom is 0.338 e. The lowest BCUT2D eigenvalue weighted by Gasteiger charge is -2.17. The van der Waals surface area contributed by atoms with Crippen LogP contribution in [0.15, 0.2) is 66.7 Å². The zero-order chi connectivity index (χ0) is 26.0. The van der Waals surface area contributed by atoms with Crippen LogP contribution in [-0.2, 0) is 27.3 Å². The number of nitrogens with zero attached hydrogens (tertiary/aromatic N) is 1. The van der Waals surface area contributed by atoms with E-state index in [4.69, 9.17) is 9.47 Å². The van der Waals surface area contributed by atoms with Crippen molar-refractivity contribution in [3.05, 3.63) is 94.5 Å². The number of esters is 1. The van der Waals surface area contributed by atoms with Gasteiger partial charge in [-0.3, -0.25) is 4.79 Å². The van der Waals surface area contributed by atoms with Crippen LogP contribution in [0.4, 0.5) is 11.4 Å². The zero-order valence-corrected chi connectivity index (χ0v) is 21.0. The molecular formula is C30H31N3O4. The number of benzene rings is 3. The van der Waals surface area contributed by atoms with Gasteiger partial charge >= 0.3 is 5.97 Å². The van der Waals surface area contributed by atoms with Gasteiger partial charge in [0.1, 0.15) is 12.7 Å². The maximum atomic E-state index is 12.4. The topological polar surface area (TPSA) is 100 Å². The van der Waals surface area contributed by atoms with Crippen LogP contribution < -0.4 is 10.6 Å². The van der Waals surface area contributed by atoms with Crippen molar-refractivity contribution in [3.63, 3.8) is 0 Å². The van der Waals surface area contributed by atoms with E-state index < -0.39 is 0 Å². The van der Waals surface area contributed by atoms with Crippen LogP contribution in [0.2, 0.25) is 0 Å². The number of anilines is 2. The quantitative estimate of drug-likeness (QED) is 0.258. The minimum Gasteiger partial charge on any atom is -0.462 e. The van der Waals surface area contributed by atoms with Gasteiger partial charge in [-0.15, -0.1) is 0 Å². The summed E-state index contributed by atoms with van der Waals surface area (Å²) in [6.07, 6.45) is 3.51. The number of ether oxygens (including phenoxy) is 2. The smallest absolute Gasteiger partial charge is 0.338 e. The molecule has 37 heavy (non-hydrogen) atoms. The number of rotatable bonds is 11. The Morgan fingerprint density at radius 3 is 2.59 bits per heavy atom. The van der Waals surface area contributed by atoms with Gasteiger partial charge in [0.15, 0.2) is 0 Å². The third-order valence-corrected chi connectivity index (χ3v) is 6.29. The van der Waals surface area contributed by atoms with E-state index >= 15 is 0 Å². The molecule has 3 aromatic carbocycles. The first-order valence-electron chi connectivity index (χ1n) is 12.6. The lowest BCUT2D eigenvalue weighted by atomic mass is 10.0. The third kappa shape index (κ3) is 6.96. The Morgan fingerprint density at radius 1 is 1.08 bits per heavy atom. The molecule has 0 saturated heterocycles. The normalized spacial score (nSPS) is 13.9. The van der Waals surface area contributed by atoms with Gasteiger partial charge in [0, 0.05) is 5.69 Å². The van der Waals surface area contributed by atoms with Crippen molar-refractivity contribution < 1.29 is 19.1 Å². The monoisotopic (exact) mass is 497 g/mol. The number of hydrogen-bond donors (Lipinski definition) is 2. The minimum atomic E-state index is -0.315. The molecule has 1 aliphatic carbocycles. The Balaban J connectivity index is 1.36. The van der Waals surface area contributed by atoms with Gasteiger partial charge in [-0.1, -0.05) is 43.7 Å². The molecule has 1 atom stereocenters. The number of unbranched alkanes of at least 4 members (excludes halogenated alkanes) is 1. The highest BCUT2D eigenvalue weighted by molar-refractivity contribution is 5.93. The van der Waals surface area contributed by atoms with Gasteiger partial charge in [0.05, 0.1) is 36.1 Å². The molecule has 7 nitrogen and oxygen atoms in total. The van der Waals surface area contributed by atoms with Crippen LogP contribution in [0.25, 0.3) is 0 Å². The van der Waals surface area contributed by atoms with E-state index in [1.807, 2.05) is 54.6 Å². The van der Waals surface area contributed by atoms with Crippen LogP contribution in [-0.4, -0.2) is 25.1 Å². The largest absolute Gasteiger partial charge is 0.462 e. The molecule has 190 valence electrons. The summed E-state index contributed by atoms with van der Waals surface area (Å²) >= 11 is 0. The number of hydrogen-bond acceptors (Lipinski definition) is 6. The first kappa shape index (κ1) is 25.9. The Hall–Kier alpha value is -4.15. The fourth-order valence-corrected chi connectivity index (χ4v) is 4.32. The SMILES string of the molecule is CCCCOC(=O)c1ccc(NC2CCc3cc(NC(=O)COCc4ccccc4)c(C#N)cc32)cc1. The van der Waals surface area contributed by atoms with Crippen LogP contribution >= 0.6 is 0 Å².